The van der Waals surface area contributed by atoms with E-state index in [-0.39, 0.29) is 11.3 Å². The van der Waals surface area contributed by atoms with Crippen molar-refractivity contribution in [3.8, 4) is 5.75 Å². The molecule has 144 valence electrons. The molecule has 2 aromatic rings. The summed E-state index contributed by atoms with van der Waals surface area (Å²) in [6.07, 6.45) is 0. The normalized spacial score (nSPS) is 18.7. The van der Waals surface area contributed by atoms with Gasteiger partial charge < -0.3 is 15.8 Å². The number of benzene rings is 2. The van der Waals surface area contributed by atoms with Crippen LogP contribution in [-0.4, -0.2) is 35.3 Å². The molecule has 0 bridgehead atoms. The van der Waals surface area contributed by atoms with Gasteiger partial charge in [-0.25, -0.2) is 14.0 Å². The van der Waals surface area contributed by atoms with E-state index in [1.165, 1.54) is 55.5 Å². The van der Waals surface area contributed by atoms with Crippen molar-refractivity contribution in [2.45, 2.75) is 12.5 Å². The van der Waals surface area contributed by atoms with E-state index in [2.05, 4.69) is 5.32 Å². The lowest BCUT2D eigenvalue weighted by Gasteiger charge is -2.22. The molecule has 0 aliphatic carbocycles. The van der Waals surface area contributed by atoms with E-state index in [1.54, 1.807) is 0 Å². The van der Waals surface area contributed by atoms with E-state index >= 15 is 0 Å². The smallest absolute Gasteiger partial charge is 0.331 e. The van der Waals surface area contributed by atoms with Gasteiger partial charge in [-0.1, -0.05) is 18.2 Å². The molecule has 1 aliphatic heterocycles. The van der Waals surface area contributed by atoms with Crippen LogP contribution < -0.4 is 15.8 Å². The number of hydrogen-bond donors (Lipinski definition) is 2. The minimum absolute atomic E-state index is 0.0506. The Balaban J connectivity index is 1.73. The number of nitrogens with two attached hydrogens (primary N) is 1. The van der Waals surface area contributed by atoms with Crippen LogP contribution in [0.2, 0.25) is 0 Å². The van der Waals surface area contributed by atoms with Crippen molar-refractivity contribution >= 4 is 23.8 Å². The summed E-state index contributed by atoms with van der Waals surface area (Å²) in [5, 5.41) is 2.51. The standard InChI is InChI=1S/C19H16FN3O5/c1-19(12-5-7-13(20)8-6-12)17(26)23(18(27)22-19)10-15(24)28-14-4-2-3-11(9-14)16(21)25/h2-9H,10H2,1H3,(H2,21,25)(H,22,27). The van der Waals surface area contributed by atoms with Gasteiger partial charge in [0.2, 0.25) is 5.91 Å². The first-order chi connectivity index (χ1) is 13.2. The van der Waals surface area contributed by atoms with Crippen LogP contribution in [0.1, 0.15) is 22.8 Å². The van der Waals surface area contributed by atoms with Crippen LogP contribution in [-0.2, 0) is 15.1 Å². The summed E-state index contributed by atoms with van der Waals surface area (Å²) in [6, 6.07) is 9.95. The second kappa shape index (κ2) is 7.10. The van der Waals surface area contributed by atoms with E-state index < -0.39 is 41.7 Å². The van der Waals surface area contributed by atoms with Crippen molar-refractivity contribution in [1.29, 1.82) is 0 Å². The van der Waals surface area contributed by atoms with Gasteiger partial charge in [0.1, 0.15) is 23.7 Å². The van der Waals surface area contributed by atoms with Gasteiger partial charge in [-0.3, -0.25) is 14.5 Å². The Kier molecular flexibility index (Phi) is 4.83. The summed E-state index contributed by atoms with van der Waals surface area (Å²) in [5.41, 5.74) is 4.25. The van der Waals surface area contributed by atoms with Crippen LogP contribution in [0.3, 0.4) is 0 Å². The van der Waals surface area contributed by atoms with Crippen LogP contribution in [0.4, 0.5) is 9.18 Å². The average molecular weight is 385 g/mol. The summed E-state index contributed by atoms with van der Waals surface area (Å²) in [7, 11) is 0. The van der Waals surface area contributed by atoms with E-state index in [0.29, 0.717) is 10.5 Å². The molecule has 2 aromatic carbocycles. The average Bonchev–Trinajstić information content (AvgIpc) is 2.86. The van der Waals surface area contributed by atoms with Crippen LogP contribution in [0, 0.1) is 5.82 Å². The highest BCUT2D eigenvalue weighted by atomic mass is 19.1. The maximum absolute atomic E-state index is 13.1. The summed E-state index contributed by atoms with van der Waals surface area (Å²) in [6.45, 7) is 0.824. The molecule has 3 N–H and O–H groups in total. The highest BCUT2D eigenvalue weighted by Gasteiger charge is 2.49. The predicted octanol–water partition coefficient (Wildman–Crippen LogP) is 1.30. The number of ether oxygens (including phenoxy) is 1. The van der Waals surface area contributed by atoms with Gasteiger partial charge in [0.25, 0.3) is 5.91 Å². The molecule has 1 unspecified atom stereocenters. The lowest BCUT2D eigenvalue weighted by Crippen LogP contribution is -2.42. The molecule has 3 rings (SSSR count). The molecule has 0 aromatic heterocycles. The van der Waals surface area contributed by atoms with Gasteiger partial charge in [-0.15, -0.1) is 0 Å². The number of carbonyl (C=O) groups excluding carboxylic acids is 4. The molecule has 8 nitrogen and oxygen atoms in total. The van der Waals surface area contributed by atoms with Gasteiger partial charge in [0.15, 0.2) is 0 Å². The second-order valence-corrected chi connectivity index (χ2v) is 6.32. The SMILES string of the molecule is CC1(c2ccc(F)cc2)NC(=O)N(CC(=O)Oc2cccc(C(N)=O)c2)C1=O. The number of carbonyl (C=O) groups is 4. The quantitative estimate of drug-likeness (QED) is 0.457. The molecule has 1 fully saturated rings. The Morgan fingerprint density at radius 1 is 1.18 bits per heavy atom. The lowest BCUT2D eigenvalue weighted by molar-refractivity contribution is -0.140. The Bertz CT molecular complexity index is 976. The topological polar surface area (TPSA) is 119 Å². The van der Waals surface area contributed by atoms with Crippen molar-refractivity contribution in [2.24, 2.45) is 5.73 Å². The Hall–Kier alpha value is -3.75. The van der Waals surface area contributed by atoms with Gasteiger partial charge in [-0.05, 0) is 42.8 Å². The first-order valence-electron chi connectivity index (χ1n) is 8.21. The second-order valence-electron chi connectivity index (χ2n) is 6.32. The van der Waals surface area contributed by atoms with Crippen molar-refractivity contribution in [2.75, 3.05) is 6.54 Å². The fraction of sp³-hybridized carbons (Fsp3) is 0.158. The highest BCUT2D eigenvalue weighted by molar-refractivity contribution is 6.09. The number of amides is 4. The Morgan fingerprint density at radius 2 is 1.86 bits per heavy atom. The number of primary amides is 1. The van der Waals surface area contributed by atoms with Gasteiger partial charge >= 0.3 is 12.0 Å². The number of halogens is 1. The van der Waals surface area contributed by atoms with Crippen molar-refractivity contribution < 1.29 is 28.3 Å². The minimum Gasteiger partial charge on any atom is -0.425 e. The molecule has 0 spiro atoms. The molecule has 28 heavy (non-hydrogen) atoms. The van der Waals surface area contributed by atoms with Crippen LogP contribution in [0.15, 0.2) is 48.5 Å². The summed E-state index contributed by atoms with van der Waals surface area (Å²) < 4.78 is 18.2. The van der Waals surface area contributed by atoms with Crippen molar-refractivity contribution in [1.82, 2.24) is 10.2 Å². The number of esters is 1. The maximum atomic E-state index is 13.1. The van der Waals surface area contributed by atoms with E-state index in [4.69, 9.17) is 10.5 Å². The number of rotatable bonds is 5. The number of nitrogens with one attached hydrogen (secondary N) is 1. The van der Waals surface area contributed by atoms with Gasteiger partial charge in [-0.2, -0.15) is 0 Å². The third-order valence-corrected chi connectivity index (χ3v) is 4.33. The zero-order valence-electron chi connectivity index (χ0n) is 14.8. The largest absolute Gasteiger partial charge is 0.425 e. The monoisotopic (exact) mass is 385 g/mol. The lowest BCUT2D eigenvalue weighted by atomic mass is 9.92. The Morgan fingerprint density at radius 3 is 2.50 bits per heavy atom. The predicted molar refractivity (Wildman–Crippen MR) is 94.6 cm³/mol. The first kappa shape index (κ1) is 19.0. The molecule has 1 saturated heterocycles. The fourth-order valence-corrected chi connectivity index (χ4v) is 2.83. The van der Waals surface area contributed by atoms with Crippen molar-refractivity contribution in [3.05, 3.63) is 65.5 Å². The van der Waals surface area contributed by atoms with E-state index in [1.807, 2.05) is 0 Å². The molecule has 4 amide bonds. The van der Waals surface area contributed by atoms with Crippen LogP contribution in [0.25, 0.3) is 0 Å². The number of nitrogens with zero attached hydrogens (tertiary/aromatic N) is 1. The van der Waals surface area contributed by atoms with Gasteiger partial charge in [0.05, 0.1) is 0 Å². The molecule has 1 heterocycles. The number of urea groups is 1. The summed E-state index contributed by atoms with van der Waals surface area (Å²) in [4.78, 5) is 49.0. The zero-order chi connectivity index (χ0) is 20.5. The van der Waals surface area contributed by atoms with Gasteiger partial charge in [0, 0.05) is 5.56 Å². The Labute approximate surface area is 159 Å². The van der Waals surface area contributed by atoms with Crippen LogP contribution >= 0.6 is 0 Å². The third kappa shape index (κ3) is 3.54. The molecule has 9 heteroatoms. The molecule has 1 aliphatic rings. The number of imide groups is 1. The molecule has 0 saturated carbocycles. The summed E-state index contributed by atoms with van der Waals surface area (Å²) >= 11 is 0. The van der Waals surface area contributed by atoms with Crippen LogP contribution in [0.5, 0.6) is 5.75 Å². The van der Waals surface area contributed by atoms with E-state index in [0.717, 1.165) is 0 Å². The molecule has 1 atom stereocenters. The minimum atomic E-state index is -1.43. The molecular formula is C19H16FN3O5. The summed E-state index contributed by atoms with van der Waals surface area (Å²) in [5.74, 6) is -2.68. The van der Waals surface area contributed by atoms with E-state index in [9.17, 15) is 23.6 Å². The third-order valence-electron chi connectivity index (χ3n) is 4.33. The highest BCUT2D eigenvalue weighted by Crippen LogP contribution is 2.29. The molecular weight excluding hydrogens is 369 g/mol. The first-order valence-corrected chi connectivity index (χ1v) is 8.21. The number of hydrogen-bond acceptors (Lipinski definition) is 5. The molecule has 0 radical (unpaired) electrons. The fourth-order valence-electron chi connectivity index (χ4n) is 2.83. The zero-order valence-corrected chi connectivity index (χ0v) is 14.8. The van der Waals surface area contributed by atoms with Crippen molar-refractivity contribution in [3.63, 3.8) is 0 Å². The maximum Gasteiger partial charge on any atom is 0.331 e.